The molecule has 0 saturated heterocycles. The Labute approximate surface area is 119 Å². The normalized spacial score (nSPS) is 10.4. The molecule has 0 fully saturated rings. The second-order valence-electron chi connectivity index (χ2n) is 4.43. The molecule has 2 aromatic rings. The van der Waals surface area contributed by atoms with Crippen molar-refractivity contribution >= 4 is 17.2 Å². The van der Waals surface area contributed by atoms with Gasteiger partial charge in [-0.2, -0.15) is 11.3 Å². The number of aryl methyl sites for hydroxylation is 1. The van der Waals surface area contributed by atoms with Crippen LogP contribution < -0.4 is 16.6 Å². The minimum absolute atomic E-state index is 0.0971. The van der Waals surface area contributed by atoms with Gasteiger partial charge < -0.3 is 5.32 Å². The zero-order valence-corrected chi connectivity index (χ0v) is 11.8. The Hall–Kier alpha value is -2.15. The molecule has 0 saturated carbocycles. The van der Waals surface area contributed by atoms with Gasteiger partial charge in [-0.3, -0.25) is 19.1 Å². The highest BCUT2D eigenvalue weighted by molar-refractivity contribution is 7.07. The van der Waals surface area contributed by atoms with Crippen LogP contribution in [0.3, 0.4) is 0 Å². The van der Waals surface area contributed by atoms with Crippen LogP contribution in [0.5, 0.6) is 0 Å². The van der Waals surface area contributed by atoms with Crippen molar-refractivity contribution in [3.8, 4) is 0 Å². The molecule has 0 aliphatic rings. The number of nitrogens with zero attached hydrogens (tertiary/aromatic N) is 1. The van der Waals surface area contributed by atoms with Crippen LogP contribution in [-0.2, 0) is 17.8 Å². The molecule has 0 aliphatic carbocycles. The van der Waals surface area contributed by atoms with Crippen LogP contribution in [0.4, 0.5) is 0 Å². The van der Waals surface area contributed by atoms with Gasteiger partial charge in [-0.15, -0.1) is 0 Å². The summed E-state index contributed by atoms with van der Waals surface area (Å²) in [6.45, 7) is 2.01. The Bertz CT molecular complexity index is 700. The Morgan fingerprint density at radius 1 is 1.45 bits per heavy atom. The Balaban J connectivity index is 1.90. The number of amides is 1. The molecule has 2 aromatic heterocycles. The van der Waals surface area contributed by atoms with Crippen LogP contribution in [0.2, 0.25) is 0 Å². The van der Waals surface area contributed by atoms with Crippen molar-refractivity contribution in [3.05, 3.63) is 55.0 Å². The van der Waals surface area contributed by atoms with Gasteiger partial charge in [0.05, 0.1) is 0 Å². The summed E-state index contributed by atoms with van der Waals surface area (Å²) in [4.78, 5) is 36.6. The molecule has 106 valence electrons. The average Bonchev–Trinajstić information content (AvgIpc) is 2.89. The van der Waals surface area contributed by atoms with E-state index in [9.17, 15) is 14.4 Å². The highest BCUT2D eigenvalue weighted by Crippen LogP contribution is 2.05. The van der Waals surface area contributed by atoms with Gasteiger partial charge in [0.2, 0.25) is 5.91 Å². The summed E-state index contributed by atoms with van der Waals surface area (Å²) in [5, 5.41) is 6.76. The van der Waals surface area contributed by atoms with Gasteiger partial charge in [-0.05, 0) is 35.7 Å². The zero-order chi connectivity index (χ0) is 14.5. The molecule has 0 aromatic carbocycles. The minimum Gasteiger partial charge on any atom is -0.354 e. The predicted octanol–water partition coefficient (Wildman–Crippen LogP) is 0.265. The third-order valence-electron chi connectivity index (χ3n) is 2.82. The third kappa shape index (κ3) is 3.67. The monoisotopic (exact) mass is 293 g/mol. The van der Waals surface area contributed by atoms with Gasteiger partial charge in [-0.1, -0.05) is 0 Å². The first kappa shape index (κ1) is 14.3. The summed E-state index contributed by atoms with van der Waals surface area (Å²) in [6, 6.07) is 2.01. The number of aromatic amines is 1. The molecule has 0 radical (unpaired) electrons. The van der Waals surface area contributed by atoms with Crippen molar-refractivity contribution in [3.63, 3.8) is 0 Å². The minimum atomic E-state index is -0.575. The molecule has 1 amide bonds. The zero-order valence-electron chi connectivity index (χ0n) is 11.0. The smallest absolute Gasteiger partial charge is 0.328 e. The van der Waals surface area contributed by atoms with E-state index in [4.69, 9.17) is 0 Å². The molecule has 20 heavy (non-hydrogen) atoms. The maximum atomic E-state index is 11.7. The van der Waals surface area contributed by atoms with Gasteiger partial charge in [0, 0.05) is 18.3 Å². The van der Waals surface area contributed by atoms with E-state index in [0.717, 1.165) is 6.42 Å². The predicted molar refractivity (Wildman–Crippen MR) is 77.1 cm³/mol. The van der Waals surface area contributed by atoms with Gasteiger partial charge >= 0.3 is 5.69 Å². The van der Waals surface area contributed by atoms with Crippen molar-refractivity contribution in [2.75, 3.05) is 6.54 Å². The van der Waals surface area contributed by atoms with Gasteiger partial charge in [0.1, 0.15) is 6.54 Å². The topological polar surface area (TPSA) is 84.0 Å². The molecule has 0 bridgehead atoms. The fraction of sp³-hybridized carbons (Fsp3) is 0.308. The Morgan fingerprint density at radius 3 is 2.95 bits per heavy atom. The van der Waals surface area contributed by atoms with E-state index in [1.807, 2.05) is 16.8 Å². The number of aromatic nitrogens is 2. The number of nitrogens with one attached hydrogen (secondary N) is 2. The van der Waals surface area contributed by atoms with Gasteiger partial charge in [0.15, 0.2) is 0 Å². The summed E-state index contributed by atoms with van der Waals surface area (Å²) in [5.74, 6) is -0.256. The van der Waals surface area contributed by atoms with E-state index < -0.39 is 11.2 Å². The quantitative estimate of drug-likeness (QED) is 0.829. The second-order valence-corrected chi connectivity index (χ2v) is 5.21. The highest BCUT2D eigenvalue weighted by atomic mass is 32.1. The molecule has 7 heteroatoms. The average molecular weight is 293 g/mol. The Morgan fingerprint density at radius 2 is 2.25 bits per heavy atom. The number of hydrogen-bond acceptors (Lipinski definition) is 4. The summed E-state index contributed by atoms with van der Waals surface area (Å²) < 4.78 is 1.19. The maximum absolute atomic E-state index is 11.7. The number of carbonyl (C=O) groups excluding carboxylic acids is 1. The molecular weight excluding hydrogens is 278 g/mol. The van der Waals surface area contributed by atoms with Crippen LogP contribution >= 0.6 is 11.3 Å². The summed E-state index contributed by atoms with van der Waals surface area (Å²) in [7, 11) is 0. The molecule has 2 N–H and O–H groups in total. The fourth-order valence-electron chi connectivity index (χ4n) is 1.73. The Kier molecular flexibility index (Phi) is 4.52. The number of rotatable bonds is 5. The molecule has 6 nitrogen and oxygen atoms in total. The molecule has 0 unspecified atom stereocenters. The number of hydrogen-bond donors (Lipinski definition) is 2. The van der Waals surface area contributed by atoms with E-state index in [2.05, 4.69) is 10.3 Å². The van der Waals surface area contributed by atoms with Gasteiger partial charge in [0.25, 0.3) is 5.56 Å². The summed E-state index contributed by atoms with van der Waals surface area (Å²) in [5.41, 5.74) is 0.570. The van der Waals surface area contributed by atoms with Crippen LogP contribution in [0.1, 0.15) is 11.1 Å². The molecular formula is C13H15N3O3S. The van der Waals surface area contributed by atoms with Gasteiger partial charge in [-0.25, -0.2) is 4.79 Å². The first-order valence-electron chi connectivity index (χ1n) is 6.14. The first-order chi connectivity index (χ1) is 9.56. The number of carbonyl (C=O) groups is 1. The van der Waals surface area contributed by atoms with Crippen LogP contribution in [-0.4, -0.2) is 22.0 Å². The second kappa shape index (κ2) is 6.33. The lowest BCUT2D eigenvalue weighted by Gasteiger charge is -2.07. The van der Waals surface area contributed by atoms with Crippen molar-refractivity contribution in [2.24, 2.45) is 0 Å². The summed E-state index contributed by atoms with van der Waals surface area (Å²) in [6.07, 6.45) is 2.15. The van der Waals surface area contributed by atoms with E-state index in [1.54, 1.807) is 18.3 Å². The fourth-order valence-corrected chi connectivity index (χ4v) is 2.43. The SMILES string of the molecule is Cc1cn(CC(=O)NCCc2ccsc2)c(=O)[nH]c1=O. The van der Waals surface area contributed by atoms with E-state index in [0.29, 0.717) is 12.1 Å². The van der Waals surface area contributed by atoms with Crippen molar-refractivity contribution in [1.29, 1.82) is 0 Å². The van der Waals surface area contributed by atoms with Crippen molar-refractivity contribution in [1.82, 2.24) is 14.9 Å². The third-order valence-corrected chi connectivity index (χ3v) is 3.55. The molecule has 2 heterocycles. The molecule has 0 aliphatic heterocycles. The maximum Gasteiger partial charge on any atom is 0.328 e. The number of H-pyrrole nitrogens is 1. The standard InChI is InChI=1S/C13H15N3O3S/c1-9-6-16(13(19)15-12(9)18)7-11(17)14-4-2-10-3-5-20-8-10/h3,5-6,8H,2,4,7H2,1H3,(H,14,17)(H,15,18,19). The van der Waals surface area contributed by atoms with E-state index >= 15 is 0 Å². The van der Waals surface area contributed by atoms with Crippen LogP contribution in [0.25, 0.3) is 0 Å². The highest BCUT2D eigenvalue weighted by Gasteiger charge is 2.06. The lowest BCUT2D eigenvalue weighted by atomic mass is 10.2. The first-order valence-corrected chi connectivity index (χ1v) is 7.08. The van der Waals surface area contributed by atoms with Crippen LogP contribution in [0.15, 0.2) is 32.6 Å². The number of thiophene rings is 1. The molecule has 0 atom stereocenters. The van der Waals surface area contributed by atoms with Crippen LogP contribution in [0, 0.1) is 6.92 Å². The lowest BCUT2D eigenvalue weighted by Crippen LogP contribution is -2.37. The largest absolute Gasteiger partial charge is 0.354 e. The van der Waals surface area contributed by atoms with E-state index in [1.165, 1.54) is 16.3 Å². The van der Waals surface area contributed by atoms with E-state index in [-0.39, 0.29) is 12.5 Å². The van der Waals surface area contributed by atoms with Crippen molar-refractivity contribution < 1.29 is 4.79 Å². The lowest BCUT2D eigenvalue weighted by molar-refractivity contribution is -0.121. The molecule has 2 rings (SSSR count). The van der Waals surface area contributed by atoms with Crippen molar-refractivity contribution in [2.45, 2.75) is 19.9 Å². The molecule has 0 spiro atoms. The summed E-state index contributed by atoms with van der Waals surface area (Å²) >= 11 is 1.61.